The molecule has 0 unspecified atom stereocenters. The molecule has 1 heterocycles. The monoisotopic (exact) mass is 499 g/mol. The molecule has 0 fully saturated rings. The Bertz CT molecular complexity index is 1350. The Morgan fingerprint density at radius 2 is 1.57 bits per heavy atom. The fourth-order valence-corrected chi connectivity index (χ4v) is 3.13. The van der Waals surface area contributed by atoms with Crippen molar-refractivity contribution in [1.29, 1.82) is 0 Å². The SMILES string of the molecule is CCCONC(=COc1cc(Oc2ncccn2)cc(C(=O)O)c1)c1cccc(Oc2ccccc2)c1. The lowest BCUT2D eigenvalue weighted by Crippen LogP contribution is -2.14. The van der Waals surface area contributed by atoms with Crippen molar-refractivity contribution in [2.75, 3.05) is 6.61 Å². The third-order valence-electron chi connectivity index (χ3n) is 4.80. The second-order valence-electron chi connectivity index (χ2n) is 7.67. The number of hydroxylamine groups is 1. The molecule has 0 atom stereocenters. The molecule has 9 nitrogen and oxygen atoms in total. The third kappa shape index (κ3) is 7.55. The molecule has 0 amide bonds. The number of aromatic carboxylic acids is 1. The summed E-state index contributed by atoms with van der Waals surface area (Å²) < 4.78 is 17.4. The molecule has 4 rings (SSSR count). The number of carbonyl (C=O) groups is 1. The van der Waals surface area contributed by atoms with Gasteiger partial charge in [-0.2, -0.15) is 0 Å². The molecule has 0 saturated carbocycles. The number of ether oxygens (including phenoxy) is 3. The van der Waals surface area contributed by atoms with Crippen molar-refractivity contribution < 1.29 is 28.9 Å². The minimum absolute atomic E-state index is 0.0215. The van der Waals surface area contributed by atoms with Gasteiger partial charge in [0.2, 0.25) is 0 Å². The van der Waals surface area contributed by atoms with E-state index in [-0.39, 0.29) is 23.1 Å². The molecule has 2 N–H and O–H groups in total. The molecule has 0 saturated heterocycles. The van der Waals surface area contributed by atoms with Crippen LogP contribution in [0.2, 0.25) is 0 Å². The molecule has 0 spiro atoms. The van der Waals surface area contributed by atoms with Gasteiger partial charge in [-0.25, -0.2) is 14.8 Å². The van der Waals surface area contributed by atoms with Crippen molar-refractivity contribution in [3.8, 4) is 29.0 Å². The quantitative estimate of drug-likeness (QED) is 0.136. The van der Waals surface area contributed by atoms with Gasteiger partial charge in [-0.3, -0.25) is 10.3 Å². The third-order valence-corrected chi connectivity index (χ3v) is 4.80. The van der Waals surface area contributed by atoms with Gasteiger partial charge in [0, 0.05) is 24.0 Å². The standard InChI is InChI=1S/C28H25N3O6/c1-2-14-35-31-26(20-8-6-11-23(15-20)36-22-9-4-3-5-10-22)19-34-24-16-21(27(32)33)17-25(18-24)37-28-29-12-7-13-30-28/h3-13,15-19,31H,2,14H2,1H3,(H,32,33). The summed E-state index contributed by atoms with van der Waals surface area (Å²) in [6.45, 7) is 2.46. The van der Waals surface area contributed by atoms with Crippen molar-refractivity contribution >= 4 is 11.7 Å². The number of hydrogen-bond acceptors (Lipinski definition) is 8. The van der Waals surface area contributed by atoms with E-state index in [0.717, 1.165) is 12.0 Å². The van der Waals surface area contributed by atoms with Gasteiger partial charge in [-0.05, 0) is 48.9 Å². The first-order valence-corrected chi connectivity index (χ1v) is 11.5. The Morgan fingerprint density at radius 1 is 0.838 bits per heavy atom. The maximum atomic E-state index is 11.7. The number of para-hydroxylation sites is 1. The normalized spacial score (nSPS) is 11.0. The highest BCUT2D eigenvalue weighted by Crippen LogP contribution is 2.28. The predicted molar refractivity (Wildman–Crippen MR) is 136 cm³/mol. The molecule has 9 heteroatoms. The first kappa shape index (κ1) is 25.2. The van der Waals surface area contributed by atoms with Gasteiger partial charge in [0.25, 0.3) is 0 Å². The zero-order chi connectivity index (χ0) is 25.9. The van der Waals surface area contributed by atoms with E-state index in [4.69, 9.17) is 19.0 Å². The van der Waals surface area contributed by atoms with E-state index in [1.807, 2.05) is 61.5 Å². The van der Waals surface area contributed by atoms with E-state index in [1.54, 1.807) is 12.1 Å². The number of carboxylic acids is 1. The van der Waals surface area contributed by atoms with Crippen molar-refractivity contribution in [3.05, 3.63) is 109 Å². The van der Waals surface area contributed by atoms with Crippen LogP contribution in [-0.2, 0) is 4.84 Å². The Balaban J connectivity index is 1.60. The van der Waals surface area contributed by atoms with Crippen molar-refractivity contribution in [2.24, 2.45) is 0 Å². The molecule has 1 aromatic heterocycles. The van der Waals surface area contributed by atoms with E-state index in [2.05, 4.69) is 15.4 Å². The highest BCUT2D eigenvalue weighted by Gasteiger charge is 2.12. The van der Waals surface area contributed by atoms with Gasteiger partial charge in [0.1, 0.15) is 35.0 Å². The predicted octanol–water partition coefficient (Wildman–Crippen LogP) is 6.07. The summed E-state index contributed by atoms with van der Waals surface area (Å²) in [5.41, 5.74) is 4.11. The van der Waals surface area contributed by atoms with Crippen molar-refractivity contribution in [2.45, 2.75) is 13.3 Å². The van der Waals surface area contributed by atoms with Crippen molar-refractivity contribution in [3.63, 3.8) is 0 Å². The molecular formula is C28H25N3O6. The number of hydrogen-bond donors (Lipinski definition) is 2. The number of carboxylic acid groups (broad SMARTS) is 1. The molecule has 0 radical (unpaired) electrons. The Kier molecular flexibility index (Phi) is 8.66. The number of aromatic nitrogens is 2. The lowest BCUT2D eigenvalue weighted by atomic mass is 10.1. The van der Waals surface area contributed by atoms with E-state index >= 15 is 0 Å². The fourth-order valence-electron chi connectivity index (χ4n) is 3.13. The van der Waals surface area contributed by atoms with Crippen LogP contribution in [0.5, 0.6) is 29.0 Å². The van der Waals surface area contributed by atoms with Gasteiger partial charge in [0.15, 0.2) is 0 Å². The summed E-state index contributed by atoms with van der Waals surface area (Å²) in [7, 11) is 0. The van der Waals surface area contributed by atoms with Crippen LogP contribution in [0.25, 0.3) is 5.70 Å². The lowest BCUT2D eigenvalue weighted by molar-refractivity contribution is 0.0696. The van der Waals surface area contributed by atoms with Crippen LogP contribution < -0.4 is 19.7 Å². The van der Waals surface area contributed by atoms with Crippen LogP contribution in [-0.4, -0.2) is 27.7 Å². The minimum atomic E-state index is -1.14. The van der Waals surface area contributed by atoms with Crippen LogP contribution in [0.4, 0.5) is 0 Å². The zero-order valence-electron chi connectivity index (χ0n) is 20.0. The molecule has 0 aliphatic rings. The summed E-state index contributed by atoms with van der Waals surface area (Å²) in [5.74, 6) is 0.640. The molecule has 4 aromatic rings. The average Bonchev–Trinajstić information content (AvgIpc) is 2.92. The van der Waals surface area contributed by atoms with E-state index in [0.29, 0.717) is 23.8 Å². The first-order valence-electron chi connectivity index (χ1n) is 11.5. The maximum absolute atomic E-state index is 11.7. The van der Waals surface area contributed by atoms with Crippen LogP contribution >= 0.6 is 0 Å². The van der Waals surface area contributed by atoms with Gasteiger partial charge < -0.3 is 19.3 Å². The summed E-state index contributed by atoms with van der Waals surface area (Å²) in [5, 5.41) is 9.55. The molecule has 37 heavy (non-hydrogen) atoms. The number of nitrogens with zero attached hydrogens (tertiary/aromatic N) is 2. The van der Waals surface area contributed by atoms with Crippen LogP contribution in [0.3, 0.4) is 0 Å². The van der Waals surface area contributed by atoms with Crippen LogP contribution in [0, 0.1) is 0 Å². The highest BCUT2D eigenvalue weighted by molar-refractivity contribution is 5.88. The second kappa shape index (κ2) is 12.7. The van der Waals surface area contributed by atoms with Crippen LogP contribution in [0.15, 0.2) is 97.5 Å². The molecule has 3 aromatic carbocycles. The molecule has 0 bridgehead atoms. The Morgan fingerprint density at radius 3 is 2.32 bits per heavy atom. The fraction of sp³-hybridized carbons (Fsp3) is 0.107. The largest absolute Gasteiger partial charge is 0.478 e. The number of benzene rings is 3. The summed E-state index contributed by atoms with van der Waals surface area (Å²) in [4.78, 5) is 25.2. The second-order valence-corrected chi connectivity index (χ2v) is 7.67. The zero-order valence-corrected chi connectivity index (χ0v) is 20.0. The summed E-state index contributed by atoms with van der Waals surface area (Å²) in [6.07, 6.45) is 5.28. The van der Waals surface area contributed by atoms with Gasteiger partial charge in [0.05, 0.1) is 12.2 Å². The van der Waals surface area contributed by atoms with Gasteiger partial charge >= 0.3 is 12.0 Å². The number of nitrogens with one attached hydrogen (secondary N) is 1. The van der Waals surface area contributed by atoms with Crippen LogP contribution in [0.1, 0.15) is 29.3 Å². The number of rotatable bonds is 12. The maximum Gasteiger partial charge on any atom is 0.335 e. The average molecular weight is 500 g/mol. The molecule has 0 aliphatic carbocycles. The summed E-state index contributed by atoms with van der Waals surface area (Å²) in [6, 6.07) is 22.8. The van der Waals surface area contributed by atoms with Gasteiger partial charge in [-0.1, -0.05) is 37.3 Å². The summed E-state index contributed by atoms with van der Waals surface area (Å²) >= 11 is 0. The Labute approximate surface area is 213 Å². The van der Waals surface area contributed by atoms with E-state index in [1.165, 1.54) is 30.8 Å². The Hall–Kier alpha value is -4.89. The van der Waals surface area contributed by atoms with Gasteiger partial charge in [-0.15, -0.1) is 0 Å². The van der Waals surface area contributed by atoms with E-state index in [9.17, 15) is 9.90 Å². The molecule has 0 aliphatic heterocycles. The molecule has 188 valence electrons. The highest BCUT2D eigenvalue weighted by atomic mass is 16.6. The lowest BCUT2D eigenvalue weighted by Gasteiger charge is -2.13. The minimum Gasteiger partial charge on any atom is -0.478 e. The first-order chi connectivity index (χ1) is 18.1. The van der Waals surface area contributed by atoms with E-state index < -0.39 is 5.97 Å². The molecular weight excluding hydrogens is 474 g/mol. The smallest absolute Gasteiger partial charge is 0.335 e. The van der Waals surface area contributed by atoms with Crippen molar-refractivity contribution in [1.82, 2.24) is 15.4 Å². The topological polar surface area (TPSA) is 112 Å².